The molecule has 0 spiro atoms. The van der Waals surface area contributed by atoms with Crippen molar-refractivity contribution in [2.24, 2.45) is 5.92 Å². The normalized spacial score (nSPS) is 13.9. The lowest BCUT2D eigenvalue weighted by atomic mass is 9.91. The molecular formula is C18H28O2. The molecule has 0 aliphatic heterocycles. The van der Waals surface area contributed by atoms with E-state index in [1.54, 1.807) is 0 Å². The first-order valence-corrected chi connectivity index (χ1v) is 7.94. The van der Waals surface area contributed by atoms with Gasteiger partial charge in [-0.2, -0.15) is 0 Å². The van der Waals surface area contributed by atoms with Gasteiger partial charge < -0.3 is 5.11 Å². The average molecular weight is 276 g/mol. The van der Waals surface area contributed by atoms with Gasteiger partial charge in [0.2, 0.25) is 0 Å². The van der Waals surface area contributed by atoms with Crippen molar-refractivity contribution in [1.29, 1.82) is 0 Å². The topological polar surface area (TPSA) is 37.3 Å². The molecule has 1 rings (SSSR count). The second-order valence-electron chi connectivity index (χ2n) is 5.64. The van der Waals surface area contributed by atoms with E-state index in [4.69, 9.17) is 0 Å². The van der Waals surface area contributed by atoms with Crippen LogP contribution in [0.3, 0.4) is 0 Å². The van der Waals surface area contributed by atoms with Gasteiger partial charge in [-0.15, -0.1) is 0 Å². The quantitative estimate of drug-likeness (QED) is 0.500. The molecule has 1 N–H and O–H groups in total. The molecule has 1 aromatic rings. The maximum absolute atomic E-state index is 12.2. The van der Waals surface area contributed by atoms with E-state index < -0.39 is 6.10 Å². The Balaban J connectivity index is 2.28. The summed E-state index contributed by atoms with van der Waals surface area (Å²) in [6.45, 7) is 4.04. The minimum absolute atomic E-state index is 0.0454. The number of unbranched alkanes of at least 4 members (excludes halogenated alkanes) is 5. The fourth-order valence-corrected chi connectivity index (χ4v) is 2.42. The standard InChI is InChI=1S/C18H28O2/c1-3-4-5-6-7-11-14-17(19)15(2)18(20)16-12-9-8-10-13-16/h8-10,12-13,15,17,19H,3-7,11,14H2,1-2H3. The SMILES string of the molecule is CCCCCCCCC(O)C(C)C(=O)c1ccccc1. The summed E-state index contributed by atoms with van der Waals surface area (Å²) in [5.41, 5.74) is 0.696. The molecule has 2 heteroatoms. The van der Waals surface area contributed by atoms with Gasteiger partial charge in [0.05, 0.1) is 6.10 Å². The van der Waals surface area contributed by atoms with Crippen LogP contribution in [0.4, 0.5) is 0 Å². The summed E-state index contributed by atoms with van der Waals surface area (Å²) in [5, 5.41) is 10.1. The van der Waals surface area contributed by atoms with Gasteiger partial charge in [-0.25, -0.2) is 0 Å². The highest BCUT2D eigenvalue weighted by Gasteiger charge is 2.22. The van der Waals surface area contributed by atoms with E-state index >= 15 is 0 Å². The van der Waals surface area contributed by atoms with Crippen LogP contribution in [0.1, 0.15) is 69.2 Å². The molecule has 0 aromatic heterocycles. The number of aliphatic hydroxyl groups is 1. The van der Waals surface area contributed by atoms with Crippen molar-refractivity contribution in [3.63, 3.8) is 0 Å². The zero-order valence-electron chi connectivity index (χ0n) is 12.8. The van der Waals surface area contributed by atoms with Crippen LogP contribution < -0.4 is 0 Å². The molecule has 112 valence electrons. The molecule has 0 aliphatic rings. The predicted molar refractivity (Wildman–Crippen MR) is 83.9 cm³/mol. The van der Waals surface area contributed by atoms with E-state index in [-0.39, 0.29) is 11.7 Å². The molecule has 2 unspecified atom stereocenters. The number of hydrogen-bond acceptors (Lipinski definition) is 2. The maximum Gasteiger partial charge on any atom is 0.168 e. The molecule has 1 aromatic carbocycles. The number of benzene rings is 1. The van der Waals surface area contributed by atoms with Gasteiger partial charge in [0.1, 0.15) is 0 Å². The van der Waals surface area contributed by atoms with Gasteiger partial charge in [-0.1, -0.05) is 82.7 Å². The number of carbonyl (C=O) groups excluding carboxylic acids is 1. The van der Waals surface area contributed by atoms with Crippen LogP contribution in [-0.4, -0.2) is 17.0 Å². The van der Waals surface area contributed by atoms with Gasteiger partial charge >= 0.3 is 0 Å². The Labute approximate surface area is 123 Å². The van der Waals surface area contributed by atoms with Crippen LogP contribution in [0, 0.1) is 5.92 Å². The summed E-state index contributed by atoms with van der Waals surface area (Å²) >= 11 is 0. The van der Waals surface area contributed by atoms with Crippen LogP contribution in [0.5, 0.6) is 0 Å². The van der Waals surface area contributed by atoms with E-state index in [9.17, 15) is 9.90 Å². The largest absolute Gasteiger partial charge is 0.392 e. The number of aliphatic hydroxyl groups excluding tert-OH is 1. The minimum Gasteiger partial charge on any atom is -0.392 e. The highest BCUT2D eigenvalue weighted by Crippen LogP contribution is 2.17. The van der Waals surface area contributed by atoms with E-state index in [0.717, 1.165) is 19.3 Å². The van der Waals surface area contributed by atoms with Crippen molar-refractivity contribution in [3.05, 3.63) is 35.9 Å². The highest BCUT2D eigenvalue weighted by molar-refractivity contribution is 5.97. The van der Waals surface area contributed by atoms with Crippen molar-refractivity contribution in [3.8, 4) is 0 Å². The van der Waals surface area contributed by atoms with Gasteiger partial charge in [0.25, 0.3) is 0 Å². The number of carbonyl (C=O) groups is 1. The van der Waals surface area contributed by atoms with Crippen molar-refractivity contribution in [1.82, 2.24) is 0 Å². The molecule has 0 amide bonds. The fraction of sp³-hybridized carbons (Fsp3) is 0.611. The smallest absolute Gasteiger partial charge is 0.168 e. The monoisotopic (exact) mass is 276 g/mol. The first-order chi connectivity index (χ1) is 9.66. The van der Waals surface area contributed by atoms with Crippen LogP contribution in [0.25, 0.3) is 0 Å². The second-order valence-corrected chi connectivity index (χ2v) is 5.64. The number of Topliss-reactive ketones (excluding diaryl/α,β-unsaturated/α-hetero) is 1. The zero-order valence-corrected chi connectivity index (χ0v) is 12.8. The summed E-state index contributed by atoms with van der Waals surface area (Å²) in [7, 11) is 0. The summed E-state index contributed by atoms with van der Waals surface area (Å²) in [6.07, 6.45) is 7.45. The van der Waals surface area contributed by atoms with E-state index in [0.29, 0.717) is 5.56 Å². The Morgan fingerprint density at radius 3 is 2.30 bits per heavy atom. The number of rotatable bonds is 10. The molecule has 20 heavy (non-hydrogen) atoms. The third kappa shape index (κ3) is 5.87. The molecule has 0 saturated heterocycles. The predicted octanol–water partition coefficient (Wildman–Crippen LogP) is 4.62. The third-order valence-corrected chi connectivity index (χ3v) is 3.90. The average Bonchev–Trinajstić information content (AvgIpc) is 2.50. The Morgan fingerprint density at radius 1 is 1.05 bits per heavy atom. The van der Waals surface area contributed by atoms with Crippen LogP contribution in [-0.2, 0) is 0 Å². The number of hydrogen-bond donors (Lipinski definition) is 1. The molecular weight excluding hydrogens is 248 g/mol. The van der Waals surface area contributed by atoms with Crippen molar-refractivity contribution >= 4 is 5.78 Å². The molecule has 0 saturated carbocycles. The van der Waals surface area contributed by atoms with Crippen molar-refractivity contribution in [2.45, 2.75) is 64.9 Å². The van der Waals surface area contributed by atoms with Crippen LogP contribution >= 0.6 is 0 Å². The molecule has 2 atom stereocenters. The Bertz CT molecular complexity index is 372. The van der Waals surface area contributed by atoms with E-state index in [2.05, 4.69) is 6.92 Å². The molecule has 0 heterocycles. The first kappa shape index (κ1) is 16.9. The summed E-state index contributed by atoms with van der Waals surface area (Å²) < 4.78 is 0. The lowest BCUT2D eigenvalue weighted by Crippen LogP contribution is -2.25. The van der Waals surface area contributed by atoms with E-state index in [1.165, 1.54) is 25.7 Å². The molecule has 2 nitrogen and oxygen atoms in total. The molecule has 0 fully saturated rings. The van der Waals surface area contributed by atoms with Crippen LogP contribution in [0.15, 0.2) is 30.3 Å². The molecule has 0 bridgehead atoms. The fourth-order valence-electron chi connectivity index (χ4n) is 2.42. The van der Waals surface area contributed by atoms with Gasteiger partial charge in [0, 0.05) is 11.5 Å². The second kappa shape index (κ2) is 9.71. The lowest BCUT2D eigenvalue weighted by molar-refractivity contribution is 0.0683. The third-order valence-electron chi connectivity index (χ3n) is 3.90. The lowest BCUT2D eigenvalue weighted by Gasteiger charge is -2.17. The Hall–Kier alpha value is -1.15. The molecule has 0 aliphatic carbocycles. The Kier molecular flexibility index (Phi) is 8.20. The summed E-state index contributed by atoms with van der Waals surface area (Å²) in [6, 6.07) is 9.25. The van der Waals surface area contributed by atoms with Crippen LogP contribution in [0.2, 0.25) is 0 Å². The van der Waals surface area contributed by atoms with Gasteiger partial charge in [-0.3, -0.25) is 4.79 Å². The minimum atomic E-state index is -0.520. The van der Waals surface area contributed by atoms with E-state index in [1.807, 2.05) is 37.3 Å². The van der Waals surface area contributed by atoms with Crippen molar-refractivity contribution in [2.75, 3.05) is 0 Å². The molecule has 0 radical (unpaired) electrons. The number of ketones is 1. The zero-order chi connectivity index (χ0) is 14.8. The van der Waals surface area contributed by atoms with Gasteiger partial charge in [-0.05, 0) is 6.42 Å². The summed E-state index contributed by atoms with van der Waals surface area (Å²) in [4.78, 5) is 12.2. The van der Waals surface area contributed by atoms with Crippen molar-refractivity contribution < 1.29 is 9.90 Å². The summed E-state index contributed by atoms with van der Waals surface area (Å²) in [5.74, 6) is -0.267. The maximum atomic E-state index is 12.2. The Morgan fingerprint density at radius 2 is 1.65 bits per heavy atom. The highest BCUT2D eigenvalue weighted by atomic mass is 16.3. The van der Waals surface area contributed by atoms with Gasteiger partial charge in [0.15, 0.2) is 5.78 Å². The first-order valence-electron chi connectivity index (χ1n) is 7.94.